The lowest BCUT2D eigenvalue weighted by atomic mass is 10.0. The number of sulfonamides is 1. The highest BCUT2D eigenvalue weighted by Gasteiger charge is 2.36. The number of carbonyl (C=O) groups is 2. The minimum absolute atomic E-state index is 0.0230. The van der Waals surface area contributed by atoms with Crippen molar-refractivity contribution in [3.63, 3.8) is 0 Å². The number of halogens is 2. The topological polar surface area (TPSA) is 86.8 Å². The molecule has 7 nitrogen and oxygen atoms in total. The Morgan fingerprint density at radius 2 is 1.46 bits per heavy atom. The van der Waals surface area contributed by atoms with E-state index in [0.29, 0.717) is 5.02 Å². The fourth-order valence-electron chi connectivity index (χ4n) is 5.71. The van der Waals surface area contributed by atoms with E-state index in [1.807, 2.05) is 37.3 Å². The Morgan fingerprint density at radius 3 is 2.11 bits per heavy atom. The van der Waals surface area contributed by atoms with E-state index < -0.39 is 28.5 Å². The Labute approximate surface area is 281 Å². The summed E-state index contributed by atoms with van der Waals surface area (Å²) in [4.78, 5) is 30.2. The molecule has 1 fully saturated rings. The van der Waals surface area contributed by atoms with Gasteiger partial charge in [-0.15, -0.1) is 0 Å². The van der Waals surface area contributed by atoms with Gasteiger partial charge < -0.3 is 10.2 Å². The van der Waals surface area contributed by atoms with Gasteiger partial charge in [0.2, 0.25) is 11.8 Å². The van der Waals surface area contributed by atoms with E-state index in [-0.39, 0.29) is 40.5 Å². The molecule has 1 N–H and O–H groups in total. The maximum absolute atomic E-state index is 14.6. The van der Waals surface area contributed by atoms with Crippen molar-refractivity contribution < 1.29 is 18.0 Å². The second-order valence-corrected chi connectivity index (χ2v) is 14.3. The highest BCUT2D eigenvalue weighted by molar-refractivity contribution is 7.92. The molecule has 0 bridgehead atoms. The monoisotopic (exact) mass is 677 g/mol. The number of para-hydroxylation sites is 1. The van der Waals surface area contributed by atoms with Crippen LogP contribution in [-0.4, -0.2) is 43.8 Å². The Kier molecular flexibility index (Phi) is 11.0. The molecule has 46 heavy (non-hydrogen) atoms. The number of hydrogen-bond donors (Lipinski definition) is 1. The van der Waals surface area contributed by atoms with Crippen LogP contribution in [0.25, 0.3) is 0 Å². The molecule has 0 unspecified atom stereocenters. The van der Waals surface area contributed by atoms with E-state index in [0.717, 1.165) is 46.7 Å². The third-order valence-electron chi connectivity index (χ3n) is 8.25. The lowest BCUT2D eigenvalue weighted by molar-refractivity contribution is -0.140. The van der Waals surface area contributed by atoms with Crippen molar-refractivity contribution in [1.82, 2.24) is 10.2 Å². The molecule has 1 atom stereocenters. The summed E-state index contributed by atoms with van der Waals surface area (Å²) in [6.45, 7) is 1.35. The second kappa shape index (κ2) is 15.2. The average molecular weight is 679 g/mol. The third-order valence-corrected chi connectivity index (χ3v) is 10.6. The van der Waals surface area contributed by atoms with Gasteiger partial charge >= 0.3 is 0 Å². The summed E-state index contributed by atoms with van der Waals surface area (Å²) in [5.74, 6) is -0.822. The van der Waals surface area contributed by atoms with Crippen LogP contribution in [0.2, 0.25) is 10.0 Å². The van der Waals surface area contributed by atoms with Gasteiger partial charge in [-0.05, 0) is 67.3 Å². The Balaban J connectivity index is 1.57. The maximum Gasteiger partial charge on any atom is 0.264 e. The molecule has 1 saturated carbocycles. The van der Waals surface area contributed by atoms with Crippen LogP contribution in [0.4, 0.5) is 5.69 Å². The molecule has 1 aliphatic carbocycles. The van der Waals surface area contributed by atoms with Crippen LogP contribution in [0.5, 0.6) is 0 Å². The van der Waals surface area contributed by atoms with Gasteiger partial charge in [-0.25, -0.2) is 8.42 Å². The van der Waals surface area contributed by atoms with Crippen molar-refractivity contribution in [3.05, 3.63) is 130 Å². The van der Waals surface area contributed by atoms with Gasteiger partial charge in [0.25, 0.3) is 10.0 Å². The molecule has 0 aliphatic heterocycles. The largest absolute Gasteiger partial charge is 0.352 e. The fraction of sp³-hybridized carbons (Fsp3) is 0.278. The molecule has 0 radical (unpaired) electrons. The normalized spacial score (nSPS) is 14.1. The molecule has 2 amide bonds. The zero-order valence-electron chi connectivity index (χ0n) is 25.6. The van der Waals surface area contributed by atoms with Gasteiger partial charge in [0.1, 0.15) is 12.6 Å². The van der Waals surface area contributed by atoms with Gasteiger partial charge in [-0.1, -0.05) is 108 Å². The molecular formula is C36H37Cl2N3O4S. The van der Waals surface area contributed by atoms with Crippen LogP contribution in [0.3, 0.4) is 0 Å². The van der Waals surface area contributed by atoms with Crippen LogP contribution < -0.4 is 9.62 Å². The molecule has 4 aromatic carbocycles. The number of amides is 2. The lowest BCUT2D eigenvalue weighted by Gasteiger charge is -2.34. The van der Waals surface area contributed by atoms with E-state index in [9.17, 15) is 18.0 Å². The summed E-state index contributed by atoms with van der Waals surface area (Å²) in [5.41, 5.74) is 2.68. The van der Waals surface area contributed by atoms with Crippen molar-refractivity contribution in [2.45, 2.75) is 62.6 Å². The molecular weight excluding hydrogens is 641 g/mol. The quantitative estimate of drug-likeness (QED) is 0.172. The summed E-state index contributed by atoms with van der Waals surface area (Å²) in [7, 11) is -4.24. The van der Waals surface area contributed by atoms with Gasteiger partial charge in [-0.3, -0.25) is 13.9 Å². The highest BCUT2D eigenvalue weighted by Crippen LogP contribution is 2.31. The maximum atomic E-state index is 14.6. The number of nitrogens with one attached hydrogen (secondary N) is 1. The SMILES string of the molecule is Cc1ccc(S(=O)(=O)N(CC(=O)N(Cc2ccc(Cl)cc2)[C@@H](Cc2ccccc2)C(=O)NC2CCCC2)c2ccccc2Cl)cc1. The number of nitrogens with zero attached hydrogens (tertiary/aromatic N) is 2. The van der Waals surface area contributed by atoms with Crippen LogP contribution in [0.1, 0.15) is 42.4 Å². The van der Waals surface area contributed by atoms with Crippen molar-refractivity contribution in [1.29, 1.82) is 0 Å². The van der Waals surface area contributed by atoms with Crippen molar-refractivity contribution in [2.75, 3.05) is 10.8 Å². The summed E-state index contributed by atoms with van der Waals surface area (Å²) in [6.07, 6.45) is 4.07. The van der Waals surface area contributed by atoms with Gasteiger partial charge in [0.15, 0.2) is 0 Å². The first-order chi connectivity index (χ1) is 22.1. The zero-order valence-corrected chi connectivity index (χ0v) is 27.9. The van der Waals surface area contributed by atoms with E-state index >= 15 is 0 Å². The number of aryl methyl sites for hydroxylation is 1. The standard InChI is InChI=1S/C36H37Cl2N3O4S/c1-26-15-21-31(22-16-26)46(44,45)41(33-14-8-7-13-32(33)38)25-35(42)40(24-28-17-19-29(37)20-18-28)34(23-27-9-3-2-4-10-27)36(43)39-30-11-5-6-12-30/h2-4,7-10,13-22,30,34H,5-6,11-12,23-25H2,1H3,(H,39,43)/t34-/m0/s1. The summed E-state index contributed by atoms with van der Waals surface area (Å²) in [5, 5.41) is 3.89. The number of benzene rings is 4. The molecule has 4 aromatic rings. The summed E-state index contributed by atoms with van der Waals surface area (Å²) < 4.78 is 29.4. The molecule has 0 saturated heterocycles. The van der Waals surface area contributed by atoms with Crippen LogP contribution in [0.15, 0.2) is 108 Å². The predicted octanol–water partition coefficient (Wildman–Crippen LogP) is 7.20. The first kappa shape index (κ1) is 33.5. The first-order valence-corrected chi connectivity index (χ1v) is 17.5. The molecule has 0 aromatic heterocycles. The summed E-state index contributed by atoms with van der Waals surface area (Å²) >= 11 is 12.7. The minimum Gasteiger partial charge on any atom is -0.352 e. The van der Waals surface area contributed by atoms with E-state index in [1.54, 1.807) is 60.7 Å². The fourth-order valence-corrected chi connectivity index (χ4v) is 7.56. The molecule has 5 rings (SSSR count). The average Bonchev–Trinajstić information content (AvgIpc) is 3.56. The van der Waals surface area contributed by atoms with Gasteiger partial charge in [-0.2, -0.15) is 0 Å². The molecule has 10 heteroatoms. The number of hydrogen-bond acceptors (Lipinski definition) is 4. The molecule has 1 aliphatic rings. The van der Waals surface area contributed by atoms with Crippen LogP contribution in [-0.2, 0) is 32.6 Å². The molecule has 240 valence electrons. The van der Waals surface area contributed by atoms with Crippen LogP contribution >= 0.6 is 23.2 Å². The van der Waals surface area contributed by atoms with Crippen molar-refractivity contribution >= 4 is 50.7 Å². The van der Waals surface area contributed by atoms with Crippen molar-refractivity contribution in [2.24, 2.45) is 0 Å². The number of rotatable bonds is 12. The second-order valence-electron chi connectivity index (χ2n) is 11.6. The zero-order chi connectivity index (χ0) is 32.7. The summed E-state index contributed by atoms with van der Waals surface area (Å²) in [6, 6.07) is 28.6. The number of carbonyl (C=O) groups excluding carboxylic acids is 2. The Morgan fingerprint density at radius 1 is 0.826 bits per heavy atom. The van der Waals surface area contributed by atoms with Crippen molar-refractivity contribution in [3.8, 4) is 0 Å². The number of anilines is 1. The van der Waals surface area contributed by atoms with E-state index in [1.165, 1.54) is 17.0 Å². The Bertz CT molecular complexity index is 1740. The van der Waals surface area contributed by atoms with E-state index in [4.69, 9.17) is 23.2 Å². The van der Waals surface area contributed by atoms with Gasteiger partial charge in [0, 0.05) is 24.0 Å². The minimum atomic E-state index is -4.24. The third kappa shape index (κ3) is 8.29. The molecule has 0 heterocycles. The molecule has 0 spiro atoms. The predicted molar refractivity (Wildman–Crippen MR) is 183 cm³/mol. The Hall–Kier alpha value is -3.85. The first-order valence-electron chi connectivity index (χ1n) is 15.3. The lowest BCUT2D eigenvalue weighted by Crippen LogP contribution is -2.54. The van der Waals surface area contributed by atoms with Crippen LogP contribution in [0, 0.1) is 6.92 Å². The van der Waals surface area contributed by atoms with Gasteiger partial charge in [0.05, 0.1) is 15.6 Å². The van der Waals surface area contributed by atoms with E-state index in [2.05, 4.69) is 5.32 Å². The highest BCUT2D eigenvalue weighted by atomic mass is 35.5. The smallest absolute Gasteiger partial charge is 0.264 e.